The van der Waals surface area contributed by atoms with Crippen LogP contribution in [0.4, 0.5) is 0 Å². The second-order valence-electron chi connectivity index (χ2n) is 14.8. The lowest BCUT2D eigenvalue weighted by atomic mass is 9.34. The van der Waals surface area contributed by atoms with Gasteiger partial charge in [0.2, 0.25) is 0 Å². The van der Waals surface area contributed by atoms with Gasteiger partial charge in [-0.1, -0.05) is 53.2 Å². The molecule has 0 radical (unpaired) electrons. The highest BCUT2D eigenvalue weighted by Crippen LogP contribution is 2.75. The molecule has 4 fully saturated rings. The number of rotatable bonds is 1. The van der Waals surface area contributed by atoms with Crippen molar-refractivity contribution in [2.45, 2.75) is 125 Å². The molecule has 0 saturated heterocycles. The van der Waals surface area contributed by atoms with Crippen LogP contribution in [0.15, 0.2) is 11.6 Å². The van der Waals surface area contributed by atoms with Crippen molar-refractivity contribution in [3.63, 3.8) is 0 Å². The zero-order valence-electron chi connectivity index (χ0n) is 23.3. The van der Waals surface area contributed by atoms with Crippen molar-refractivity contribution in [3.8, 4) is 0 Å². The molecule has 5 aliphatic rings. The largest absolute Gasteiger partial charge is 0.461 e. The maximum absolute atomic E-state index is 11.8. The van der Waals surface area contributed by atoms with Crippen LogP contribution in [0.1, 0.15) is 113 Å². The van der Waals surface area contributed by atoms with Gasteiger partial charge in [0, 0.05) is 6.92 Å². The van der Waals surface area contributed by atoms with Gasteiger partial charge in [-0.05, 0) is 116 Å². The molecule has 0 aliphatic heterocycles. The fourth-order valence-electron chi connectivity index (χ4n) is 11.0. The SMILES string of the molecule is CC(=O)O[C@@H]1CC[C@@]2(C)C(CC[C@]3(C)[C@@H]2CC=C2[C@@H]4[C@@H](C)[C@H](C)CC[C@]4(C)CC[C@]23C)[C@@]1(C)N. The number of carbonyl (C=O) groups is 1. The van der Waals surface area contributed by atoms with Crippen LogP contribution in [0, 0.1) is 51.2 Å². The zero-order chi connectivity index (χ0) is 24.9. The van der Waals surface area contributed by atoms with Crippen LogP contribution in [0.5, 0.6) is 0 Å². The highest BCUT2D eigenvalue weighted by Gasteiger charge is 2.68. The standard InChI is InChI=1S/C31H51NO2/c1-19-11-14-27(4)17-18-29(6)22(26(27)20(19)2)9-10-23-28(5)15-13-25(34-21(3)33)31(8,32)24(28)12-16-30(23,29)7/h9,19-20,23-26H,10-18,32H2,1-8H3/t19-,20+,23-,24?,25-,26+,27-,28-,29-,30-,31-/m1/s1. The average molecular weight is 470 g/mol. The number of carbonyl (C=O) groups excluding carboxylic acids is 1. The minimum Gasteiger partial charge on any atom is -0.461 e. The molecule has 11 atom stereocenters. The van der Waals surface area contributed by atoms with Crippen LogP contribution in [-0.4, -0.2) is 17.6 Å². The van der Waals surface area contributed by atoms with Gasteiger partial charge in [-0.2, -0.15) is 0 Å². The molecule has 5 aliphatic carbocycles. The van der Waals surface area contributed by atoms with E-state index >= 15 is 0 Å². The van der Waals surface area contributed by atoms with E-state index in [-0.39, 0.29) is 22.9 Å². The van der Waals surface area contributed by atoms with Gasteiger partial charge in [0.15, 0.2) is 0 Å². The van der Waals surface area contributed by atoms with Gasteiger partial charge >= 0.3 is 5.97 Å². The van der Waals surface area contributed by atoms with Crippen LogP contribution in [0.3, 0.4) is 0 Å². The molecule has 0 aromatic rings. The van der Waals surface area contributed by atoms with Crippen molar-refractivity contribution < 1.29 is 9.53 Å². The predicted molar refractivity (Wildman–Crippen MR) is 139 cm³/mol. The Kier molecular flexibility index (Phi) is 5.55. The second kappa shape index (κ2) is 7.59. The molecule has 1 unspecified atom stereocenters. The first kappa shape index (κ1) is 24.8. The summed E-state index contributed by atoms with van der Waals surface area (Å²) in [6.07, 6.45) is 13.8. The van der Waals surface area contributed by atoms with Crippen molar-refractivity contribution >= 4 is 5.97 Å². The minimum absolute atomic E-state index is 0.155. The predicted octanol–water partition coefficient (Wildman–Crippen LogP) is 7.29. The quantitative estimate of drug-likeness (QED) is 0.324. The molecule has 34 heavy (non-hydrogen) atoms. The van der Waals surface area contributed by atoms with Gasteiger partial charge in [-0.3, -0.25) is 4.79 Å². The van der Waals surface area contributed by atoms with Crippen molar-refractivity contribution in [2.75, 3.05) is 0 Å². The highest BCUT2D eigenvalue weighted by molar-refractivity contribution is 5.66. The average Bonchev–Trinajstić information content (AvgIpc) is 2.74. The summed E-state index contributed by atoms with van der Waals surface area (Å²) < 4.78 is 5.78. The third kappa shape index (κ3) is 3.07. The van der Waals surface area contributed by atoms with E-state index in [9.17, 15) is 4.79 Å². The number of hydrogen-bond donors (Lipinski definition) is 1. The van der Waals surface area contributed by atoms with E-state index in [0.717, 1.165) is 37.0 Å². The highest BCUT2D eigenvalue weighted by atomic mass is 16.5. The molecule has 3 nitrogen and oxygen atoms in total. The first-order valence-electron chi connectivity index (χ1n) is 14.4. The summed E-state index contributed by atoms with van der Waals surface area (Å²) in [5.41, 5.74) is 9.76. The summed E-state index contributed by atoms with van der Waals surface area (Å²) in [4.78, 5) is 11.8. The molecular weight excluding hydrogens is 418 g/mol. The molecule has 0 heterocycles. The maximum Gasteiger partial charge on any atom is 0.302 e. The van der Waals surface area contributed by atoms with Gasteiger partial charge < -0.3 is 10.5 Å². The Hall–Kier alpha value is -0.830. The van der Waals surface area contributed by atoms with Gasteiger partial charge in [0.1, 0.15) is 6.10 Å². The van der Waals surface area contributed by atoms with E-state index in [2.05, 4.69) is 54.5 Å². The Morgan fingerprint density at radius 1 is 0.941 bits per heavy atom. The van der Waals surface area contributed by atoms with Gasteiger partial charge in [-0.25, -0.2) is 0 Å². The number of ether oxygens (including phenoxy) is 1. The van der Waals surface area contributed by atoms with E-state index < -0.39 is 5.54 Å². The molecule has 192 valence electrons. The molecule has 0 aromatic heterocycles. The van der Waals surface area contributed by atoms with Crippen molar-refractivity contribution in [1.82, 2.24) is 0 Å². The summed E-state index contributed by atoms with van der Waals surface area (Å²) in [6.45, 7) is 19.2. The summed E-state index contributed by atoms with van der Waals surface area (Å²) in [5.74, 6) is 3.21. The maximum atomic E-state index is 11.8. The fourth-order valence-corrected chi connectivity index (χ4v) is 11.0. The molecule has 0 aromatic carbocycles. The summed E-state index contributed by atoms with van der Waals surface area (Å²) in [5, 5.41) is 0. The van der Waals surface area contributed by atoms with E-state index in [1.165, 1.54) is 45.4 Å². The van der Waals surface area contributed by atoms with Crippen molar-refractivity contribution in [2.24, 2.45) is 57.0 Å². The van der Waals surface area contributed by atoms with Crippen LogP contribution in [0.2, 0.25) is 0 Å². The Morgan fingerprint density at radius 3 is 2.32 bits per heavy atom. The van der Waals surface area contributed by atoms with E-state index in [4.69, 9.17) is 10.5 Å². The lowest BCUT2D eigenvalue weighted by molar-refractivity contribution is -0.195. The third-order valence-corrected chi connectivity index (χ3v) is 13.4. The Bertz CT molecular complexity index is 892. The second-order valence-corrected chi connectivity index (χ2v) is 14.8. The number of esters is 1. The monoisotopic (exact) mass is 469 g/mol. The molecule has 0 spiro atoms. The number of nitrogens with two attached hydrogens (primary N) is 1. The Morgan fingerprint density at radius 2 is 1.65 bits per heavy atom. The van der Waals surface area contributed by atoms with E-state index in [1.54, 1.807) is 0 Å². The zero-order valence-corrected chi connectivity index (χ0v) is 23.3. The van der Waals surface area contributed by atoms with Crippen LogP contribution >= 0.6 is 0 Å². The first-order chi connectivity index (χ1) is 15.7. The Labute approximate surface area is 209 Å². The normalized spacial score (nSPS) is 56.8. The topological polar surface area (TPSA) is 52.3 Å². The van der Waals surface area contributed by atoms with Crippen LogP contribution in [-0.2, 0) is 9.53 Å². The lowest BCUT2D eigenvalue weighted by Crippen LogP contribution is -2.69. The fraction of sp³-hybridized carbons (Fsp3) is 0.903. The molecule has 5 rings (SSSR count). The molecule has 4 saturated carbocycles. The third-order valence-electron chi connectivity index (χ3n) is 13.4. The molecule has 0 bridgehead atoms. The Balaban J connectivity index is 1.54. The van der Waals surface area contributed by atoms with Crippen LogP contribution in [0.25, 0.3) is 0 Å². The smallest absolute Gasteiger partial charge is 0.302 e. The molecular formula is C31H51NO2. The van der Waals surface area contributed by atoms with Crippen LogP contribution < -0.4 is 5.73 Å². The summed E-state index contributed by atoms with van der Waals surface area (Å²) >= 11 is 0. The van der Waals surface area contributed by atoms with Crippen molar-refractivity contribution in [1.29, 1.82) is 0 Å². The van der Waals surface area contributed by atoms with E-state index in [1.807, 2.05) is 5.57 Å². The van der Waals surface area contributed by atoms with Gasteiger partial charge in [0.25, 0.3) is 0 Å². The summed E-state index contributed by atoms with van der Waals surface area (Å²) in [7, 11) is 0. The molecule has 2 N–H and O–H groups in total. The van der Waals surface area contributed by atoms with Gasteiger partial charge in [-0.15, -0.1) is 0 Å². The van der Waals surface area contributed by atoms with Gasteiger partial charge in [0.05, 0.1) is 5.54 Å². The molecule has 0 amide bonds. The summed E-state index contributed by atoms with van der Waals surface area (Å²) in [6, 6.07) is 0. The minimum atomic E-state index is -0.455. The number of hydrogen-bond acceptors (Lipinski definition) is 3. The molecule has 3 heteroatoms. The van der Waals surface area contributed by atoms with Crippen molar-refractivity contribution in [3.05, 3.63) is 11.6 Å². The number of allylic oxidation sites excluding steroid dienone is 2. The number of fused-ring (bicyclic) bond motifs is 7. The lowest BCUT2D eigenvalue weighted by Gasteiger charge is -2.71. The first-order valence-corrected chi connectivity index (χ1v) is 14.4. The van der Waals surface area contributed by atoms with E-state index in [0.29, 0.717) is 22.7 Å².